The second kappa shape index (κ2) is 8.34. The minimum atomic E-state index is 0.709. The van der Waals surface area contributed by atoms with Gasteiger partial charge in [0, 0.05) is 0 Å². The van der Waals surface area contributed by atoms with Crippen molar-refractivity contribution in [2.45, 2.75) is 57.3 Å². The molecule has 0 aromatic heterocycles. The van der Waals surface area contributed by atoms with E-state index in [9.17, 15) is 0 Å². The third-order valence-corrected chi connectivity index (χ3v) is 6.29. The van der Waals surface area contributed by atoms with E-state index in [2.05, 4.69) is 36.9 Å². The topological polar surface area (TPSA) is 23.8 Å². The molecule has 1 heteroatoms. The van der Waals surface area contributed by atoms with Crippen LogP contribution in [0.3, 0.4) is 0 Å². The molecule has 0 radical (unpaired) electrons. The molecule has 0 spiro atoms. The van der Waals surface area contributed by atoms with Crippen LogP contribution in [0, 0.1) is 29.1 Å². The first kappa shape index (κ1) is 17.0. The largest absolute Gasteiger partial charge is 0.192 e. The fraction of sp³-hybridized carbons (Fsp3) is 0.522. The first-order valence-electron chi connectivity index (χ1n) is 9.59. The van der Waals surface area contributed by atoms with Crippen LogP contribution in [-0.4, -0.2) is 0 Å². The number of rotatable bonds is 4. The van der Waals surface area contributed by atoms with E-state index in [0.717, 1.165) is 23.3 Å². The van der Waals surface area contributed by atoms with Crippen molar-refractivity contribution in [3.05, 3.63) is 60.2 Å². The van der Waals surface area contributed by atoms with Crippen LogP contribution in [0.1, 0.15) is 68.4 Å². The van der Waals surface area contributed by atoms with E-state index in [1.165, 1.54) is 56.9 Å². The highest BCUT2D eigenvalue weighted by molar-refractivity contribution is 5.33. The van der Waals surface area contributed by atoms with E-state index < -0.39 is 0 Å². The lowest BCUT2D eigenvalue weighted by Gasteiger charge is -2.37. The summed E-state index contributed by atoms with van der Waals surface area (Å²) in [4.78, 5) is 0. The Hall–Kier alpha value is -1.81. The summed E-state index contributed by atoms with van der Waals surface area (Å²) in [5.74, 6) is 3.40. The Bertz CT molecular complexity index is 588. The number of hydrogen-bond acceptors (Lipinski definition) is 1. The van der Waals surface area contributed by atoms with Crippen LogP contribution >= 0.6 is 0 Å². The molecule has 0 unspecified atom stereocenters. The smallest absolute Gasteiger partial charge is 0.0991 e. The maximum Gasteiger partial charge on any atom is 0.0991 e. The van der Waals surface area contributed by atoms with Gasteiger partial charge in [0.15, 0.2) is 0 Å². The van der Waals surface area contributed by atoms with Crippen LogP contribution in [-0.2, 0) is 0 Å². The van der Waals surface area contributed by atoms with Crippen LogP contribution in [0.2, 0.25) is 0 Å². The molecule has 1 aromatic rings. The number of benzene rings is 1. The molecule has 0 bridgehead atoms. The predicted octanol–water partition coefficient (Wildman–Crippen LogP) is 6.38. The van der Waals surface area contributed by atoms with E-state index in [0.29, 0.717) is 5.92 Å². The number of nitrogens with zero attached hydrogens (tertiary/aromatic N) is 1. The third kappa shape index (κ3) is 4.18. The summed E-state index contributed by atoms with van der Waals surface area (Å²) >= 11 is 0. The average Bonchev–Trinajstić information content (AvgIpc) is 2.67. The number of allylic oxidation sites excluding steroid dienone is 3. The monoisotopic (exact) mass is 319 g/mol. The Morgan fingerprint density at radius 2 is 1.46 bits per heavy atom. The van der Waals surface area contributed by atoms with Gasteiger partial charge in [-0.2, -0.15) is 5.26 Å². The summed E-state index contributed by atoms with van der Waals surface area (Å²) in [5, 5.41) is 8.93. The Balaban J connectivity index is 1.48. The van der Waals surface area contributed by atoms with E-state index >= 15 is 0 Å². The highest BCUT2D eigenvalue weighted by atomic mass is 14.4. The zero-order valence-electron chi connectivity index (χ0n) is 14.7. The highest BCUT2D eigenvalue weighted by Gasteiger charge is 2.30. The minimum absolute atomic E-state index is 0.709. The molecular formula is C23H29N. The van der Waals surface area contributed by atoms with Crippen LogP contribution in [0.5, 0.6) is 0 Å². The summed E-state index contributed by atoms with van der Waals surface area (Å²) in [6.45, 7) is 3.77. The number of nitriles is 1. The van der Waals surface area contributed by atoms with Gasteiger partial charge >= 0.3 is 0 Å². The van der Waals surface area contributed by atoms with E-state index in [1.54, 1.807) is 0 Å². The molecule has 0 saturated heterocycles. The van der Waals surface area contributed by atoms with Crippen molar-refractivity contribution in [1.29, 1.82) is 5.26 Å². The first-order valence-corrected chi connectivity index (χ1v) is 9.59. The van der Waals surface area contributed by atoms with Crippen LogP contribution in [0.4, 0.5) is 0 Å². The second-order valence-corrected chi connectivity index (χ2v) is 7.64. The predicted molar refractivity (Wildman–Crippen MR) is 101 cm³/mol. The quantitative estimate of drug-likeness (QED) is 0.591. The van der Waals surface area contributed by atoms with Crippen LogP contribution in [0.25, 0.3) is 0 Å². The summed E-state index contributed by atoms with van der Waals surface area (Å²) in [5.41, 5.74) is 2.21. The van der Waals surface area contributed by atoms with Gasteiger partial charge in [-0.25, -0.2) is 0 Å². The van der Waals surface area contributed by atoms with Gasteiger partial charge in [0.25, 0.3) is 0 Å². The molecule has 0 amide bonds. The Kier molecular flexibility index (Phi) is 5.91. The summed E-state index contributed by atoms with van der Waals surface area (Å²) in [7, 11) is 0. The normalized spacial score (nSPS) is 30.8. The van der Waals surface area contributed by atoms with Crippen LogP contribution < -0.4 is 0 Å². The lowest BCUT2D eigenvalue weighted by Crippen LogP contribution is -2.25. The molecular weight excluding hydrogens is 290 g/mol. The van der Waals surface area contributed by atoms with Gasteiger partial charge in [-0.1, -0.05) is 36.9 Å². The molecule has 0 aliphatic heterocycles. The first-order chi connectivity index (χ1) is 11.8. The van der Waals surface area contributed by atoms with Gasteiger partial charge in [0.05, 0.1) is 11.6 Å². The van der Waals surface area contributed by atoms with Crippen molar-refractivity contribution in [1.82, 2.24) is 0 Å². The molecule has 0 heterocycles. The van der Waals surface area contributed by atoms with Crippen molar-refractivity contribution >= 4 is 0 Å². The fourth-order valence-electron chi connectivity index (χ4n) is 4.80. The maximum absolute atomic E-state index is 8.93. The molecule has 2 fully saturated rings. The van der Waals surface area contributed by atoms with Gasteiger partial charge in [-0.05, 0) is 92.7 Å². The molecule has 2 aliphatic carbocycles. The molecule has 2 saturated carbocycles. The third-order valence-electron chi connectivity index (χ3n) is 6.29. The fourth-order valence-corrected chi connectivity index (χ4v) is 4.80. The van der Waals surface area contributed by atoms with Crippen molar-refractivity contribution < 1.29 is 0 Å². The lowest BCUT2D eigenvalue weighted by molar-refractivity contribution is 0.171. The zero-order chi connectivity index (χ0) is 16.8. The number of hydrogen-bond donors (Lipinski definition) is 0. The van der Waals surface area contributed by atoms with Crippen molar-refractivity contribution in [2.24, 2.45) is 17.8 Å². The van der Waals surface area contributed by atoms with Gasteiger partial charge in [-0.3, -0.25) is 0 Å². The maximum atomic E-state index is 8.93. The molecule has 3 rings (SSSR count). The Morgan fingerprint density at radius 3 is 2.00 bits per heavy atom. The zero-order valence-corrected chi connectivity index (χ0v) is 14.7. The lowest BCUT2D eigenvalue weighted by atomic mass is 9.68. The summed E-state index contributed by atoms with van der Waals surface area (Å²) in [6.07, 6.45) is 17.4. The van der Waals surface area contributed by atoms with E-state index in [-0.39, 0.29) is 0 Å². The Morgan fingerprint density at radius 1 is 0.875 bits per heavy atom. The SMILES string of the molecule is C=CC=CC1CCC(C2CCC(c3ccc(C#N)cc3)CC2)CC1. The van der Waals surface area contributed by atoms with Crippen LogP contribution in [0.15, 0.2) is 49.1 Å². The van der Waals surface area contributed by atoms with Gasteiger partial charge < -0.3 is 0 Å². The molecule has 2 aliphatic rings. The molecule has 1 aromatic carbocycles. The summed E-state index contributed by atoms with van der Waals surface area (Å²) in [6, 6.07) is 10.5. The van der Waals surface area contributed by atoms with Gasteiger partial charge in [-0.15, -0.1) is 0 Å². The van der Waals surface area contributed by atoms with Gasteiger partial charge in [0.1, 0.15) is 0 Å². The molecule has 0 N–H and O–H groups in total. The van der Waals surface area contributed by atoms with Crippen molar-refractivity contribution in [3.8, 4) is 6.07 Å². The van der Waals surface area contributed by atoms with E-state index in [1.807, 2.05) is 18.2 Å². The standard InChI is InChI=1S/C23H29N/c1-2-3-4-18-5-9-20(10-6-18)22-13-15-23(16-14-22)21-11-7-19(17-24)8-12-21/h2-4,7-8,11-12,18,20,22-23H,1,5-6,9-10,13-16H2. The van der Waals surface area contributed by atoms with Crippen molar-refractivity contribution in [3.63, 3.8) is 0 Å². The van der Waals surface area contributed by atoms with Gasteiger partial charge in [0.2, 0.25) is 0 Å². The van der Waals surface area contributed by atoms with Crippen molar-refractivity contribution in [2.75, 3.05) is 0 Å². The second-order valence-electron chi connectivity index (χ2n) is 7.64. The molecule has 1 nitrogen and oxygen atoms in total. The van der Waals surface area contributed by atoms with E-state index in [4.69, 9.17) is 5.26 Å². The molecule has 24 heavy (non-hydrogen) atoms. The highest BCUT2D eigenvalue weighted by Crippen LogP contribution is 2.44. The minimum Gasteiger partial charge on any atom is -0.192 e. The Labute approximate surface area is 147 Å². The average molecular weight is 319 g/mol. The summed E-state index contributed by atoms with van der Waals surface area (Å²) < 4.78 is 0. The molecule has 126 valence electrons. The molecule has 0 atom stereocenters.